The number of rotatable bonds is 7. The third-order valence-electron chi connectivity index (χ3n) is 8.02. The normalized spacial score (nSPS) is 32.2. The zero-order valence-electron chi connectivity index (χ0n) is 21.2. The van der Waals surface area contributed by atoms with Gasteiger partial charge in [0.05, 0.1) is 0 Å². The van der Waals surface area contributed by atoms with Crippen molar-refractivity contribution in [3.8, 4) is 0 Å². The number of allylic oxidation sites excluding steroid dienone is 2. The molecule has 0 bridgehead atoms. The first-order valence-electron chi connectivity index (χ1n) is 12.6. The Morgan fingerprint density at radius 3 is 1.97 bits per heavy atom. The van der Waals surface area contributed by atoms with Crippen molar-refractivity contribution in [3.63, 3.8) is 0 Å². The van der Waals surface area contributed by atoms with Crippen LogP contribution in [0.25, 0.3) is 0 Å². The van der Waals surface area contributed by atoms with Crippen LogP contribution in [-0.2, 0) is 0 Å². The smallest absolute Gasteiger partial charge is 0.0117 e. The molecule has 0 aliphatic heterocycles. The average Bonchev–Trinajstić information content (AvgIpc) is 2.92. The molecule has 29 heavy (non-hydrogen) atoms. The molecule has 0 aromatic heterocycles. The van der Waals surface area contributed by atoms with Gasteiger partial charge in [0, 0.05) is 0 Å². The van der Waals surface area contributed by atoms with Gasteiger partial charge in [-0.15, -0.1) is 0 Å². The van der Waals surface area contributed by atoms with Gasteiger partial charge in [-0.05, 0) is 78.4 Å². The van der Waals surface area contributed by atoms with Crippen LogP contribution >= 0.6 is 0 Å². The van der Waals surface area contributed by atoms with Gasteiger partial charge in [0.25, 0.3) is 0 Å². The van der Waals surface area contributed by atoms with Crippen molar-refractivity contribution in [1.29, 1.82) is 0 Å². The maximum Gasteiger partial charge on any atom is -0.0117 e. The molecule has 0 spiro atoms. The molecule has 0 aromatic carbocycles. The van der Waals surface area contributed by atoms with Crippen LogP contribution in [0.15, 0.2) is 24.3 Å². The quantitative estimate of drug-likeness (QED) is 0.373. The van der Waals surface area contributed by atoms with E-state index in [2.05, 4.69) is 62.0 Å². The van der Waals surface area contributed by atoms with Gasteiger partial charge >= 0.3 is 0 Å². The zero-order chi connectivity index (χ0) is 22.0. The van der Waals surface area contributed by atoms with Crippen molar-refractivity contribution in [2.75, 3.05) is 0 Å². The van der Waals surface area contributed by atoms with E-state index in [1.165, 1.54) is 50.5 Å². The molecule has 2 aliphatic carbocycles. The molecule has 0 nitrogen and oxygen atoms in total. The van der Waals surface area contributed by atoms with Crippen LogP contribution in [-0.4, -0.2) is 0 Å². The summed E-state index contributed by atoms with van der Waals surface area (Å²) in [6, 6.07) is 0. The fourth-order valence-corrected chi connectivity index (χ4v) is 6.49. The van der Waals surface area contributed by atoms with E-state index in [9.17, 15) is 0 Å². The van der Waals surface area contributed by atoms with E-state index in [4.69, 9.17) is 6.58 Å². The molecule has 0 amide bonds. The van der Waals surface area contributed by atoms with Crippen LogP contribution in [0.2, 0.25) is 0 Å². The summed E-state index contributed by atoms with van der Waals surface area (Å²) in [7, 11) is 0. The second-order valence-corrected chi connectivity index (χ2v) is 13.5. The minimum absolute atomic E-state index is 0.259. The van der Waals surface area contributed by atoms with E-state index < -0.39 is 0 Å². The highest BCUT2D eigenvalue weighted by Crippen LogP contribution is 2.50. The molecule has 0 heterocycles. The summed E-state index contributed by atoms with van der Waals surface area (Å²) in [4.78, 5) is 0. The van der Waals surface area contributed by atoms with E-state index in [0.717, 1.165) is 36.5 Å². The van der Waals surface area contributed by atoms with Crippen LogP contribution in [0, 0.1) is 46.3 Å². The Morgan fingerprint density at radius 2 is 1.45 bits per heavy atom. The Bertz CT molecular complexity index is 544. The summed E-state index contributed by atoms with van der Waals surface area (Å²) in [5.41, 5.74) is 3.54. The lowest BCUT2D eigenvalue weighted by Gasteiger charge is -2.37. The van der Waals surface area contributed by atoms with Crippen LogP contribution in [0.1, 0.15) is 113 Å². The summed E-state index contributed by atoms with van der Waals surface area (Å²) in [5.74, 6) is 4.97. The summed E-state index contributed by atoms with van der Waals surface area (Å²) in [6.07, 6.45) is 12.4. The van der Waals surface area contributed by atoms with Gasteiger partial charge in [-0.3, -0.25) is 0 Å². The maximum absolute atomic E-state index is 4.75. The molecule has 168 valence electrons. The lowest BCUT2D eigenvalue weighted by molar-refractivity contribution is 0.237. The molecule has 0 saturated heterocycles. The number of hydrogen-bond donors (Lipinski definition) is 0. The summed E-state index contributed by atoms with van der Waals surface area (Å²) in [6.45, 7) is 28.4. The first-order valence-corrected chi connectivity index (χ1v) is 12.6. The Hall–Kier alpha value is -0.520. The largest absolute Gasteiger partial charge is 0.0998 e. The Kier molecular flexibility index (Phi) is 8.31. The molecular weight excluding hydrogens is 348 g/mol. The minimum atomic E-state index is 0.259. The molecule has 0 heteroatoms. The van der Waals surface area contributed by atoms with E-state index in [-0.39, 0.29) is 5.41 Å². The molecular formula is C29H52. The SMILES string of the molecule is C=C(C[C@H](C(=C)C1C[C@H](CC2CCC(C)CC2)C[C@H]1C)C(C)(C)C)CC(C)(C)C. The first kappa shape index (κ1) is 24.7. The zero-order valence-corrected chi connectivity index (χ0v) is 21.2. The molecule has 2 rings (SSSR count). The van der Waals surface area contributed by atoms with Gasteiger partial charge in [-0.1, -0.05) is 105 Å². The lowest BCUT2D eigenvalue weighted by atomic mass is 9.67. The molecule has 0 radical (unpaired) electrons. The van der Waals surface area contributed by atoms with E-state index in [1.54, 1.807) is 5.57 Å². The van der Waals surface area contributed by atoms with Gasteiger partial charge in [0.1, 0.15) is 0 Å². The van der Waals surface area contributed by atoms with Crippen molar-refractivity contribution in [2.24, 2.45) is 46.3 Å². The van der Waals surface area contributed by atoms with Crippen LogP contribution in [0.5, 0.6) is 0 Å². The highest BCUT2D eigenvalue weighted by Gasteiger charge is 2.39. The fourth-order valence-electron chi connectivity index (χ4n) is 6.49. The fraction of sp³-hybridized carbons (Fsp3) is 0.862. The van der Waals surface area contributed by atoms with Crippen molar-refractivity contribution in [3.05, 3.63) is 24.3 Å². The van der Waals surface area contributed by atoms with Crippen LogP contribution < -0.4 is 0 Å². The van der Waals surface area contributed by atoms with Gasteiger partial charge in [-0.25, -0.2) is 0 Å². The monoisotopic (exact) mass is 400 g/mol. The van der Waals surface area contributed by atoms with Crippen molar-refractivity contribution in [1.82, 2.24) is 0 Å². The van der Waals surface area contributed by atoms with Crippen LogP contribution in [0.4, 0.5) is 0 Å². The van der Waals surface area contributed by atoms with Gasteiger partial charge in [-0.2, -0.15) is 0 Å². The highest BCUT2D eigenvalue weighted by atomic mass is 14.4. The summed E-state index contributed by atoms with van der Waals surface area (Å²) >= 11 is 0. The predicted octanol–water partition coefficient (Wildman–Crippen LogP) is 9.47. The maximum atomic E-state index is 4.75. The standard InChI is InChI=1S/C29H52/c1-20-11-13-24(14-12-20)17-25-16-22(3)26(18-25)23(4)27(29(8,9)10)15-21(2)19-28(5,6)7/h20,22,24-27H,2,4,11-19H2,1,3,5-10H3/t20?,22-,24?,25+,26?,27-/m1/s1. The van der Waals surface area contributed by atoms with Crippen molar-refractivity contribution >= 4 is 0 Å². The van der Waals surface area contributed by atoms with E-state index in [1.807, 2.05) is 0 Å². The number of hydrogen-bond acceptors (Lipinski definition) is 0. The van der Waals surface area contributed by atoms with Gasteiger partial charge < -0.3 is 0 Å². The van der Waals surface area contributed by atoms with Gasteiger partial charge in [0.2, 0.25) is 0 Å². The molecule has 0 N–H and O–H groups in total. The lowest BCUT2D eigenvalue weighted by Crippen LogP contribution is -2.27. The third-order valence-corrected chi connectivity index (χ3v) is 8.02. The highest BCUT2D eigenvalue weighted by molar-refractivity contribution is 5.17. The van der Waals surface area contributed by atoms with Crippen molar-refractivity contribution < 1.29 is 0 Å². The summed E-state index contributed by atoms with van der Waals surface area (Å²) < 4.78 is 0. The van der Waals surface area contributed by atoms with Crippen molar-refractivity contribution in [2.45, 2.75) is 113 Å². The third kappa shape index (κ3) is 7.59. The predicted molar refractivity (Wildman–Crippen MR) is 131 cm³/mol. The molecule has 0 aromatic rings. The summed E-state index contributed by atoms with van der Waals surface area (Å²) in [5, 5.41) is 0. The second kappa shape index (κ2) is 9.74. The Labute approximate surface area is 184 Å². The van der Waals surface area contributed by atoms with E-state index in [0.29, 0.717) is 17.3 Å². The Morgan fingerprint density at radius 1 is 0.862 bits per heavy atom. The molecule has 2 aliphatic rings. The molecule has 2 fully saturated rings. The van der Waals surface area contributed by atoms with E-state index >= 15 is 0 Å². The van der Waals surface area contributed by atoms with Crippen LogP contribution in [0.3, 0.4) is 0 Å². The molecule has 4 atom stereocenters. The minimum Gasteiger partial charge on any atom is -0.0998 e. The molecule has 1 unspecified atom stereocenters. The van der Waals surface area contributed by atoms with Gasteiger partial charge in [0.15, 0.2) is 0 Å². The second-order valence-electron chi connectivity index (χ2n) is 13.5. The topological polar surface area (TPSA) is 0 Å². The first-order chi connectivity index (χ1) is 13.3. The average molecular weight is 401 g/mol. The molecule has 2 saturated carbocycles. The Balaban J connectivity index is 2.00.